The van der Waals surface area contributed by atoms with Gasteiger partial charge in [-0.3, -0.25) is 0 Å². The molecule has 1 heterocycles. The number of H-pyrrole nitrogens is 1. The van der Waals surface area contributed by atoms with E-state index >= 15 is 0 Å². The summed E-state index contributed by atoms with van der Waals surface area (Å²) in [5.41, 5.74) is 3.71. The Balaban J connectivity index is 1.73. The van der Waals surface area contributed by atoms with Crippen LogP contribution in [0.2, 0.25) is 0 Å². The van der Waals surface area contributed by atoms with E-state index in [0.717, 1.165) is 19.5 Å². The van der Waals surface area contributed by atoms with Crippen LogP contribution in [0.25, 0.3) is 0 Å². The van der Waals surface area contributed by atoms with E-state index in [-0.39, 0.29) is 0 Å². The topological polar surface area (TPSA) is 44.0 Å². The molecule has 0 aliphatic carbocycles. The molecule has 0 amide bonds. The lowest BCUT2D eigenvalue weighted by Gasteiger charge is -2.12. The van der Waals surface area contributed by atoms with E-state index in [0.29, 0.717) is 0 Å². The monoisotopic (exact) mass is 244 g/mol. The van der Waals surface area contributed by atoms with Crippen molar-refractivity contribution in [1.82, 2.24) is 15.3 Å². The minimum Gasteiger partial charge on any atom is -0.378 e. The molecule has 2 rings (SSSR count). The Morgan fingerprint density at radius 2 is 2.00 bits per heavy atom. The van der Waals surface area contributed by atoms with Gasteiger partial charge in [-0.25, -0.2) is 4.98 Å². The van der Waals surface area contributed by atoms with Crippen LogP contribution in [0.3, 0.4) is 0 Å². The molecular weight excluding hydrogens is 224 g/mol. The fourth-order valence-corrected chi connectivity index (χ4v) is 1.79. The molecule has 4 heteroatoms. The highest BCUT2D eigenvalue weighted by Gasteiger charge is 1.97. The zero-order valence-electron chi connectivity index (χ0n) is 11.0. The SMILES string of the molecule is CN(C)c1ccc(CNCCc2cnc[nH]2)cc1. The number of nitrogens with zero attached hydrogens (tertiary/aromatic N) is 2. The first-order valence-electron chi connectivity index (χ1n) is 6.20. The first-order valence-corrected chi connectivity index (χ1v) is 6.20. The van der Waals surface area contributed by atoms with Crippen molar-refractivity contribution in [2.75, 3.05) is 25.5 Å². The van der Waals surface area contributed by atoms with E-state index < -0.39 is 0 Å². The van der Waals surface area contributed by atoms with Crippen LogP contribution in [0.1, 0.15) is 11.3 Å². The van der Waals surface area contributed by atoms with Gasteiger partial charge in [0.2, 0.25) is 0 Å². The van der Waals surface area contributed by atoms with Crippen LogP contribution in [0.15, 0.2) is 36.8 Å². The van der Waals surface area contributed by atoms with E-state index in [4.69, 9.17) is 0 Å². The van der Waals surface area contributed by atoms with Gasteiger partial charge in [0.1, 0.15) is 0 Å². The molecule has 4 nitrogen and oxygen atoms in total. The minimum absolute atomic E-state index is 0.905. The van der Waals surface area contributed by atoms with Gasteiger partial charge in [0.25, 0.3) is 0 Å². The Kier molecular flexibility index (Phi) is 4.36. The number of hydrogen-bond donors (Lipinski definition) is 2. The van der Waals surface area contributed by atoms with Gasteiger partial charge < -0.3 is 15.2 Å². The number of anilines is 1. The highest BCUT2D eigenvalue weighted by molar-refractivity contribution is 5.45. The molecule has 0 unspecified atom stereocenters. The molecule has 18 heavy (non-hydrogen) atoms. The Morgan fingerprint density at radius 1 is 1.22 bits per heavy atom. The summed E-state index contributed by atoms with van der Waals surface area (Å²) in [5.74, 6) is 0. The van der Waals surface area contributed by atoms with Crippen LogP contribution < -0.4 is 10.2 Å². The molecule has 0 fully saturated rings. The summed E-state index contributed by atoms with van der Waals surface area (Å²) in [5, 5.41) is 3.43. The van der Waals surface area contributed by atoms with E-state index in [1.54, 1.807) is 6.33 Å². The van der Waals surface area contributed by atoms with Crippen LogP contribution in [-0.2, 0) is 13.0 Å². The smallest absolute Gasteiger partial charge is 0.0921 e. The average molecular weight is 244 g/mol. The predicted octanol–water partition coefficient (Wildman–Crippen LogP) is 1.81. The molecular formula is C14H20N4. The lowest BCUT2D eigenvalue weighted by atomic mass is 10.2. The third-order valence-electron chi connectivity index (χ3n) is 2.91. The molecule has 0 radical (unpaired) electrons. The summed E-state index contributed by atoms with van der Waals surface area (Å²) in [7, 11) is 4.11. The van der Waals surface area contributed by atoms with Crippen LogP contribution in [0.4, 0.5) is 5.69 Å². The number of benzene rings is 1. The molecule has 0 aliphatic heterocycles. The summed E-state index contributed by atoms with van der Waals surface area (Å²) >= 11 is 0. The summed E-state index contributed by atoms with van der Waals surface area (Å²) in [6.07, 6.45) is 4.57. The molecule has 1 aromatic heterocycles. The molecule has 0 aliphatic rings. The van der Waals surface area contributed by atoms with Crippen molar-refractivity contribution in [2.24, 2.45) is 0 Å². The van der Waals surface area contributed by atoms with Crippen molar-refractivity contribution >= 4 is 5.69 Å². The van der Waals surface area contributed by atoms with Gasteiger partial charge in [-0.1, -0.05) is 12.1 Å². The summed E-state index contributed by atoms with van der Waals surface area (Å²) in [6, 6.07) is 8.62. The number of aromatic amines is 1. The summed E-state index contributed by atoms with van der Waals surface area (Å²) < 4.78 is 0. The van der Waals surface area contributed by atoms with Crippen molar-refractivity contribution in [3.8, 4) is 0 Å². The van der Waals surface area contributed by atoms with Gasteiger partial charge in [0, 0.05) is 51.2 Å². The Labute approximate surface area is 108 Å². The Bertz CT molecular complexity index is 445. The van der Waals surface area contributed by atoms with Crippen LogP contribution in [0, 0.1) is 0 Å². The maximum Gasteiger partial charge on any atom is 0.0921 e. The van der Waals surface area contributed by atoms with Gasteiger partial charge in [-0.15, -0.1) is 0 Å². The number of nitrogens with one attached hydrogen (secondary N) is 2. The van der Waals surface area contributed by atoms with Crippen molar-refractivity contribution in [1.29, 1.82) is 0 Å². The number of hydrogen-bond acceptors (Lipinski definition) is 3. The second-order valence-corrected chi connectivity index (χ2v) is 4.56. The Hall–Kier alpha value is -1.81. The molecule has 2 aromatic rings. The normalized spacial score (nSPS) is 10.6. The molecule has 2 N–H and O–H groups in total. The highest BCUT2D eigenvalue weighted by Crippen LogP contribution is 2.11. The quantitative estimate of drug-likeness (QED) is 0.762. The van der Waals surface area contributed by atoms with Gasteiger partial charge in [-0.2, -0.15) is 0 Å². The molecule has 0 saturated heterocycles. The van der Waals surface area contributed by atoms with Crippen molar-refractivity contribution in [3.05, 3.63) is 48.0 Å². The molecule has 96 valence electrons. The van der Waals surface area contributed by atoms with Crippen LogP contribution in [-0.4, -0.2) is 30.6 Å². The van der Waals surface area contributed by atoms with Crippen molar-refractivity contribution in [2.45, 2.75) is 13.0 Å². The van der Waals surface area contributed by atoms with Crippen LogP contribution >= 0.6 is 0 Å². The zero-order valence-corrected chi connectivity index (χ0v) is 11.0. The second-order valence-electron chi connectivity index (χ2n) is 4.56. The highest BCUT2D eigenvalue weighted by atomic mass is 15.1. The second kappa shape index (κ2) is 6.21. The molecule has 1 aromatic carbocycles. The maximum absolute atomic E-state index is 4.00. The average Bonchev–Trinajstić information content (AvgIpc) is 2.88. The van der Waals surface area contributed by atoms with E-state index in [9.17, 15) is 0 Å². The first kappa shape index (κ1) is 12.6. The minimum atomic E-state index is 0.905. The largest absolute Gasteiger partial charge is 0.378 e. The lowest BCUT2D eigenvalue weighted by molar-refractivity contribution is 0.681. The third kappa shape index (κ3) is 3.60. The van der Waals surface area contributed by atoms with Crippen molar-refractivity contribution < 1.29 is 0 Å². The van der Waals surface area contributed by atoms with Crippen LogP contribution in [0.5, 0.6) is 0 Å². The number of imidazole rings is 1. The first-order chi connectivity index (χ1) is 8.75. The summed E-state index contributed by atoms with van der Waals surface area (Å²) in [6.45, 7) is 1.86. The van der Waals surface area contributed by atoms with Gasteiger partial charge in [-0.05, 0) is 17.7 Å². The molecule has 0 bridgehead atoms. The zero-order chi connectivity index (χ0) is 12.8. The number of aromatic nitrogens is 2. The van der Waals surface area contributed by atoms with Gasteiger partial charge in [0.15, 0.2) is 0 Å². The fraction of sp³-hybridized carbons (Fsp3) is 0.357. The van der Waals surface area contributed by atoms with E-state index in [1.807, 2.05) is 6.20 Å². The summed E-state index contributed by atoms with van der Waals surface area (Å²) in [4.78, 5) is 9.20. The predicted molar refractivity (Wildman–Crippen MR) is 74.8 cm³/mol. The van der Waals surface area contributed by atoms with E-state index in [1.165, 1.54) is 16.9 Å². The standard InChI is InChI=1S/C14H20N4/c1-18(2)14-5-3-12(4-6-14)9-15-8-7-13-10-16-11-17-13/h3-6,10-11,15H,7-9H2,1-2H3,(H,16,17). The third-order valence-corrected chi connectivity index (χ3v) is 2.91. The maximum atomic E-state index is 4.00. The fourth-order valence-electron chi connectivity index (χ4n) is 1.79. The molecule has 0 atom stereocenters. The molecule has 0 saturated carbocycles. The Morgan fingerprint density at radius 3 is 2.61 bits per heavy atom. The molecule has 0 spiro atoms. The van der Waals surface area contributed by atoms with E-state index in [2.05, 4.69) is 58.5 Å². The van der Waals surface area contributed by atoms with Gasteiger partial charge >= 0.3 is 0 Å². The van der Waals surface area contributed by atoms with Crippen molar-refractivity contribution in [3.63, 3.8) is 0 Å². The number of rotatable bonds is 6. The lowest BCUT2D eigenvalue weighted by Crippen LogP contribution is -2.17. The van der Waals surface area contributed by atoms with Gasteiger partial charge in [0.05, 0.1) is 6.33 Å².